The summed E-state index contributed by atoms with van der Waals surface area (Å²) in [5.74, 6) is 1.48. The number of nitrogens with zero attached hydrogens (tertiary/aromatic N) is 4. The fourth-order valence-electron chi connectivity index (χ4n) is 2.43. The molecule has 2 atom stereocenters. The number of hydrogen-bond donors (Lipinski definition) is 1. The Hall–Kier alpha value is -1.20. The van der Waals surface area contributed by atoms with Crippen LogP contribution in [0.4, 0.5) is 5.82 Å². The van der Waals surface area contributed by atoms with E-state index in [4.69, 9.17) is 5.11 Å². The minimum atomic E-state index is -0.0542. The van der Waals surface area contributed by atoms with Crippen LogP contribution < -0.4 is 4.90 Å². The molecular formula is C12H20N4O. The molecule has 0 saturated carbocycles. The minimum absolute atomic E-state index is 0.0542. The summed E-state index contributed by atoms with van der Waals surface area (Å²) in [6.07, 6.45) is 3.37. The molecule has 5 nitrogen and oxygen atoms in total. The van der Waals surface area contributed by atoms with Crippen LogP contribution in [0.5, 0.6) is 0 Å². The second-order valence-electron chi connectivity index (χ2n) is 4.94. The Bertz CT molecular complexity index is 383. The molecule has 0 aromatic carbocycles. The Kier molecular flexibility index (Phi) is 3.59. The third-order valence-corrected chi connectivity index (χ3v) is 3.39. The van der Waals surface area contributed by atoms with Gasteiger partial charge in [-0.3, -0.25) is 4.98 Å². The molecule has 0 amide bonds. The molecule has 1 aliphatic rings. The van der Waals surface area contributed by atoms with E-state index in [9.17, 15) is 0 Å². The molecule has 1 aliphatic heterocycles. The summed E-state index contributed by atoms with van der Waals surface area (Å²) in [7, 11) is 4.22. The van der Waals surface area contributed by atoms with Crippen LogP contribution in [0.25, 0.3) is 0 Å². The molecule has 2 rings (SSSR count). The summed E-state index contributed by atoms with van der Waals surface area (Å²) in [5.41, 5.74) is 0.628. The van der Waals surface area contributed by atoms with E-state index < -0.39 is 0 Å². The smallest absolute Gasteiger partial charge is 0.147 e. The van der Waals surface area contributed by atoms with Crippen LogP contribution >= 0.6 is 0 Å². The highest BCUT2D eigenvalue weighted by Crippen LogP contribution is 2.24. The molecule has 1 N–H and O–H groups in total. The molecule has 1 aromatic rings. The molecule has 1 aromatic heterocycles. The molecule has 94 valence electrons. The average molecular weight is 236 g/mol. The van der Waals surface area contributed by atoms with Crippen molar-refractivity contribution in [3.63, 3.8) is 0 Å². The van der Waals surface area contributed by atoms with Gasteiger partial charge < -0.3 is 14.9 Å². The first-order chi connectivity index (χ1) is 8.11. The van der Waals surface area contributed by atoms with E-state index in [-0.39, 0.29) is 6.61 Å². The number of aromatic nitrogens is 2. The molecule has 1 fully saturated rings. The normalized spacial score (nSPS) is 24.6. The van der Waals surface area contributed by atoms with Crippen LogP contribution in [0.15, 0.2) is 12.4 Å². The van der Waals surface area contributed by atoms with E-state index in [1.54, 1.807) is 12.4 Å². The first-order valence-electron chi connectivity index (χ1n) is 5.95. The fourth-order valence-corrected chi connectivity index (χ4v) is 2.43. The number of rotatable bonds is 3. The fraction of sp³-hybridized carbons (Fsp3) is 0.667. The number of anilines is 1. The van der Waals surface area contributed by atoms with Crippen LogP contribution in [0, 0.1) is 5.92 Å². The lowest BCUT2D eigenvalue weighted by Crippen LogP contribution is -2.34. The lowest BCUT2D eigenvalue weighted by molar-refractivity contribution is 0.266. The molecule has 0 aliphatic carbocycles. The Morgan fingerprint density at radius 2 is 2.18 bits per heavy atom. The van der Waals surface area contributed by atoms with Crippen molar-refractivity contribution in [1.82, 2.24) is 14.9 Å². The summed E-state index contributed by atoms with van der Waals surface area (Å²) in [6, 6.07) is 0.551. The predicted octanol–water partition coefficient (Wildman–Crippen LogP) is 0.355. The van der Waals surface area contributed by atoms with Crippen LogP contribution in [-0.4, -0.2) is 53.2 Å². The Morgan fingerprint density at radius 3 is 2.76 bits per heavy atom. The molecular weight excluding hydrogens is 216 g/mol. The Morgan fingerprint density at radius 1 is 1.41 bits per heavy atom. The van der Waals surface area contributed by atoms with Crippen molar-refractivity contribution >= 4 is 5.82 Å². The van der Waals surface area contributed by atoms with Gasteiger partial charge in [0.05, 0.1) is 24.7 Å². The highest BCUT2D eigenvalue weighted by molar-refractivity contribution is 5.38. The highest BCUT2D eigenvalue weighted by Gasteiger charge is 2.31. The van der Waals surface area contributed by atoms with Gasteiger partial charge in [-0.2, -0.15) is 0 Å². The van der Waals surface area contributed by atoms with Crippen molar-refractivity contribution in [2.75, 3.05) is 32.1 Å². The maximum atomic E-state index is 9.07. The highest BCUT2D eigenvalue weighted by atomic mass is 16.3. The molecule has 17 heavy (non-hydrogen) atoms. The van der Waals surface area contributed by atoms with Crippen molar-refractivity contribution in [3.8, 4) is 0 Å². The molecule has 0 spiro atoms. The van der Waals surface area contributed by atoms with Crippen LogP contribution in [0.3, 0.4) is 0 Å². The van der Waals surface area contributed by atoms with E-state index in [2.05, 4.69) is 40.8 Å². The van der Waals surface area contributed by atoms with Crippen molar-refractivity contribution in [2.24, 2.45) is 5.92 Å². The zero-order chi connectivity index (χ0) is 12.4. The van der Waals surface area contributed by atoms with Gasteiger partial charge in [0.25, 0.3) is 0 Å². The maximum Gasteiger partial charge on any atom is 0.147 e. The number of likely N-dealkylation sites (N-methyl/N-ethyl adjacent to an activating group) is 1. The van der Waals surface area contributed by atoms with Gasteiger partial charge in [-0.15, -0.1) is 0 Å². The van der Waals surface area contributed by atoms with Crippen molar-refractivity contribution in [2.45, 2.75) is 19.6 Å². The van der Waals surface area contributed by atoms with Gasteiger partial charge in [0.2, 0.25) is 0 Å². The third kappa shape index (κ3) is 2.56. The van der Waals surface area contributed by atoms with Crippen LogP contribution in [0.1, 0.15) is 12.6 Å². The van der Waals surface area contributed by atoms with Gasteiger partial charge in [0.1, 0.15) is 5.82 Å². The van der Waals surface area contributed by atoms with E-state index in [1.165, 1.54) is 0 Å². The van der Waals surface area contributed by atoms with Crippen molar-refractivity contribution in [3.05, 3.63) is 18.1 Å². The van der Waals surface area contributed by atoms with Gasteiger partial charge in [-0.05, 0) is 20.0 Å². The molecule has 0 bridgehead atoms. The van der Waals surface area contributed by atoms with Gasteiger partial charge >= 0.3 is 0 Å². The summed E-state index contributed by atoms with van der Waals surface area (Å²) in [6.45, 7) is 4.17. The predicted molar refractivity (Wildman–Crippen MR) is 66.8 cm³/mol. The first kappa shape index (κ1) is 12.3. The topological polar surface area (TPSA) is 52.5 Å². The average Bonchev–Trinajstić information content (AvgIpc) is 2.71. The number of aliphatic hydroxyl groups excluding tert-OH is 1. The Labute approximate surface area is 102 Å². The third-order valence-electron chi connectivity index (χ3n) is 3.39. The first-order valence-corrected chi connectivity index (χ1v) is 5.95. The lowest BCUT2D eigenvalue weighted by Gasteiger charge is -2.22. The van der Waals surface area contributed by atoms with Crippen molar-refractivity contribution in [1.29, 1.82) is 0 Å². The van der Waals surface area contributed by atoms with Gasteiger partial charge in [0.15, 0.2) is 0 Å². The van der Waals surface area contributed by atoms with E-state index in [0.717, 1.165) is 18.9 Å². The minimum Gasteiger partial charge on any atom is -0.390 e. The molecule has 2 unspecified atom stereocenters. The van der Waals surface area contributed by atoms with Crippen molar-refractivity contribution < 1.29 is 5.11 Å². The van der Waals surface area contributed by atoms with Crippen LogP contribution in [0.2, 0.25) is 0 Å². The maximum absolute atomic E-state index is 9.07. The standard InChI is InChI=1S/C12H20N4O/c1-9-6-16(7-11(9)15(2)3)12-5-13-4-10(8-17)14-12/h4-5,9,11,17H,6-8H2,1-3H3. The Balaban J connectivity index is 2.13. The molecule has 2 heterocycles. The lowest BCUT2D eigenvalue weighted by atomic mass is 10.1. The summed E-state index contributed by atoms with van der Waals surface area (Å²) in [4.78, 5) is 13.0. The number of aliphatic hydroxyl groups is 1. The van der Waals surface area contributed by atoms with E-state index in [1.807, 2.05) is 0 Å². The molecule has 1 saturated heterocycles. The van der Waals surface area contributed by atoms with Gasteiger partial charge in [-0.1, -0.05) is 6.92 Å². The molecule has 5 heteroatoms. The zero-order valence-electron chi connectivity index (χ0n) is 10.7. The second-order valence-corrected chi connectivity index (χ2v) is 4.94. The summed E-state index contributed by atoms with van der Waals surface area (Å²) >= 11 is 0. The summed E-state index contributed by atoms with van der Waals surface area (Å²) in [5, 5.41) is 9.07. The van der Waals surface area contributed by atoms with Gasteiger partial charge in [0, 0.05) is 19.1 Å². The zero-order valence-corrected chi connectivity index (χ0v) is 10.7. The molecule has 0 radical (unpaired) electrons. The van der Waals surface area contributed by atoms with E-state index in [0.29, 0.717) is 17.7 Å². The quantitative estimate of drug-likeness (QED) is 0.821. The van der Waals surface area contributed by atoms with Crippen LogP contribution in [-0.2, 0) is 6.61 Å². The second kappa shape index (κ2) is 4.98. The number of hydrogen-bond acceptors (Lipinski definition) is 5. The van der Waals surface area contributed by atoms with E-state index >= 15 is 0 Å². The summed E-state index contributed by atoms with van der Waals surface area (Å²) < 4.78 is 0. The largest absolute Gasteiger partial charge is 0.390 e. The van der Waals surface area contributed by atoms with Gasteiger partial charge in [-0.25, -0.2) is 4.98 Å². The SMILES string of the molecule is CC1CN(c2cncc(CO)n2)CC1N(C)C. The monoisotopic (exact) mass is 236 g/mol.